The van der Waals surface area contributed by atoms with Crippen molar-refractivity contribution in [2.45, 2.75) is 0 Å². The first-order valence-electron chi connectivity index (χ1n) is 6.27. The molecule has 0 spiro atoms. The minimum absolute atomic E-state index is 0. The maximum Gasteiger partial charge on any atom is 0.238 e. The lowest BCUT2D eigenvalue weighted by molar-refractivity contribution is -0.115. The van der Waals surface area contributed by atoms with Gasteiger partial charge in [0.1, 0.15) is 5.82 Å². The molecule has 0 atom stereocenters. The molecular weight excluding hydrogens is 285 g/mol. The van der Waals surface area contributed by atoms with E-state index in [1.165, 1.54) is 12.1 Å². The molecule has 7 heteroatoms. The summed E-state index contributed by atoms with van der Waals surface area (Å²) in [6, 6.07) is 4.57. The molecule has 2 N–H and O–H groups in total. The van der Waals surface area contributed by atoms with Crippen LogP contribution in [0.4, 0.5) is 15.8 Å². The van der Waals surface area contributed by atoms with E-state index in [-0.39, 0.29) is 30.7 Å². The molecule has 0 saturated carbocycles. The molecular formula is C13H19ClFN3O2. The molecule has 5 nitrogen and oxygen atoms in total. The van der Waals surface area contributed by atoms with E-state index in [0.717, 1.165) is 18.8 Å². The molecule has 0 unspecified atom stereocenters. The summed E-state index contributed by atoms with van der Waals surface area (Å²) < 4.78 is 18.9. The van der Waals surface area contributed by atoms with Crippen LogP contribution in [0, 0.1) is 5.82 Å². The summed E-state index contributed by atoms with van der Waals surface area (Å²) in [5, 5.41) is 5.41. The number of nitrogens with zero attached hydrogens (tertiary/aromatic N) is 1. The second kappa shape index (κ2) is 8.04. The molecule has 1 aliphatic rings. The summed E-state index contributed by atoms with van der Waals surface area (Å²) in [6.07, 6.45) is 0. The quantitative estimate of drug-likeness (QED) is 0.879. The van der Waals surface area contributed by atoms with E-state index in [2.05, 4.69) is 10.6 Å². The Labute approximate surface area is 123 Å². The molecule has 1 fully saturated rings. The van der Waals surface area contributed by atoms with Crippen molar-refractivity contribution in [3.63, 3.8) is 0 Å². The maximum atomic E-state index is 13.6. The van der Waals surface area contributed by atoms with Gasteiger partial charge in [0, 0.05) is 24.5 Å². The second-order valence-electron chi connectivity index (χ2n) is 4.38. The van der Waals surface area contributed by atoms with E-state index in [9.17, 15) is 9.18 Å². The molecule has 2 rings (SSSR count). The van der Waals surface area contributed by atoms with Gasteiger partial charge in [0.25, 0.3) is 0 Å². The number of halogens is 2. The maximum absolute atomic E-state index is 13.6. The lowest BCUT2D eigenvalue weighted by atomic mass is 10.2. The SMILES string of the molecule is CNCC(=O)Nc1cc(F)cc(N2CCOCC2)c1.Cl. The summed E-state index contributed by atoms with van der Waals surface area (Å²) in [7, 11) is 1.68. The average Bonchev–Trinajstić information content (AvgIpc) is 2.39. The van der Waals surface area contributed by atoms with Crippen molar-refractivity contribution in [1.29, 1.82) is 0 Å². The molecule has 1 aromatic rings. The van der Waals surface area contributed by atoms with Crippen LogP contribution < -0.4 is 15.5 Å². The monoisotopic (exact) mass is 303 g/mol. The Morgan fingerprint density at radius 3 is 2.70 bits per heavy atom. The standard InChI is InChI=1S/C13H18FN3O2.ClH/c1-15-9-13(18)16-11-6-10(14)7-12(8-11)17-2-4-19-5-3-17;/h6-8,15H,2-5,9H2,1H3,(H,16,18);1H. The lowest BCUT2D eigenvalue weighted by Crippen LogP contribution is -2.36. The number of benzene rings is 1. The number of anilines is 2. The van der Waals surface area contributed by atoms with E-state index in [1.807, 2.05) is 4.90 Å². The highest BCUT2D eigenvalue weighted by Crippen LogP contribution is 2.22. The Bertz CT molecular complexity index is 453. The summed E-state index contributed by atoms with van der Waals surface area (Å²) >= 11 is 0. The number of carbonyl (C=O) groups is 1. The minimum Gasteiger partial charge on any atom is -0.378 e. The van der Waals surface area contributed by atoms with Crippen molar-refractivity contribution < 1.29 is 13.9 Å². The van der Waals surface area contributed by atoms with Crippen LogP contribution in [0.15, 0.2) is 18.2 Å². The van der Waals surface area contributed by atoms with Gasteiger partial charge in [-0.15, -0.1) is 12.4 Å². The van der Waals surface area contributed by atoms with Crippen LogP contribution in [0.25, 0.3) is 0 Å². The van der Waals surface area contributed by atoms with Crippen LogP contribution >= 0.6 is 12.4 Å². The molecule has 0 aliphatic carbocycles. The molecule has 1 heterocycles. The molecule has 0 aromatic heterocycles. The number of amides is 1. The van der Waals surface area contributed by atoms with Gasteiger partial charge in [-0.2, -0.15) is 0 Å². The van der Waals surface area contributed by atoms with E-state index < -0.39 is 0 Å². The first-order chi connectivity index (χ1) is 9.19. The van der Waals surface area contributed by atoms with E-state index in [0.29, 0.717) is 18.9 Å². The number of hydrogen-bond acceptors (Lipinski definition) is 4. The van der Waals surface area contributed by atoms with E-state index in [4.69, 9.17) is 4.74 Å². The van der Waals surface area contributed by atoms with Crippen LogP contribution in [0.2, 0.25) is 0 Å². The van der Waals surface area contributed by atoms with Crippen molar-refractivity contribution in [2.24, 2.45) is 0 Å². The largest absolute Gasteiger partial charge is 0.378 e. The third-order valence-electron chi connectivity index (χ3n) is 2.88. The van der Waals surface area contributed by atoms with Crippen molar-refractivity contribution in [3.05, 3.63) is 24.0 Å². The summed E-state index contributed by atoms with van der Waals surface area (Å²) in [4.78, 5) is 13.5. The van der Waals surface area contributed by atoms with Gasteiger partial charge in [-0.3, -0.25) is 4.79 Å². The predicted octanol–water partition coefficient (Wildman–Crippen LogP) is 1.24. The number of morpholine rings is 1. The molecule has 1 aromatic carbocycles. The Balaban J connectivity index is 0.00000200. The lowest BCUT2D eigenvalue weighted by Gasteiger charge is -2.29. The first-order valence-corrected chi connectivity index (χ1v) is 6.27. The second-order valence-corrected chi connectivity index (χ2v) is 4.38. The van der Waals surface area contributed by atoms with Crippen LogP contribution in [0.3, 0.4) is 0 Å². The van der Waals surface area contributed by atoms with Crippen LogP contribution in [0.1, 0.15) is 0 Å². The highest BCUT2D eigenvalue weighted by molar-refractivity contribution is 5.92. The third kappa shape index (κ3) is 4.63. The van der Waals surface area contributed by atoms with Gasteiger partial charge in [0.05, 0.1) is 19.8 Å². The summed E-state index contributed by atoms with van der Waals surface area (Å²) in [6.45, 7) is 2.93. The van der Waals surface area contributed by atoms with Crippen LogP contribution in [-0.2, 0) is 9.53 Å². The van der Waals surface area contributed by atoms with Crippen LogP contribution in [0.5, 0.6) is 0 Å². The first kappa shape index (κ1) is 16.7. The molecule has 1 aliphatic heterocycles. The van der Waals surface area contributed by atoms with Gasteiger partial charge in [-0.05, 0) is 25.2 Å². The highest BCUT2D eigenvalue weighted by Gasteiger charge is 2.13. The van der Waals surface area contributed by atoms with E-state index >= 15 is 0 Å². The molecule has 1 amide bonds. The Hall–Kier alpha value is -1.37. The number of hydrogen-bond donors (Lipinski definition) is 2. The number of ether oxygens (including phenoxy) is 1. The van der Waals surface area contributed by atoms with Gasteiger partial charge < -0.3 is 20.3 Å². The third-order valence-corrected chi connectivity index (χ3v) is 2.88. The Kier molecular flexibility index (Phi) is 6.70. The normalized spacial score (nSPS) is 14.6. The fourth-order valence-corrected chi connectivity index (χ4v) is 2.02. The fourth-order valence-electron chi connectivity index (χ4n) is 2.02. The summed E-state index contributed by atoms with van der Waals surface area (Å²) in [5.74, 6) is -0.551. The molecule has 0 bridgehead atoms. The molecule has 0 radical (unpaired) electrons. The average molecular weight is 304 g/mol. The topological polar surface area (TPSA) is 53.6 Å². The van der Waals surface area contributed by atoms with Gasteiger partial charge >= 0.3 is 0 Å². The molecule has 1 saturated heterocycles. The van der Waals surface area contributed by atoms with Crippen molar-refractivity contribution in [1.82, 2.24) is 5.32 Å². The Morgan fingerprint density at radius 1 is 1.35 bits per heavy atom. The molecule has 112 valence electrons. The van der Waals surface area contributed by atoms with Gasteiger partial charge in [0.2, 0.25) is 5.91 Å². The van der Waals surface area contributed by atoms with Gasteiger partial charge in [0.15, 0.2) is 0 Å². The number of likely N-dealkylation sites (N-methyl/N-ethyl adjacent to an activating group) is 1. The van der Waals surface area contributed by atoms with E-state index in [1.54, 1.807) is 13.1 Å². The highest BCUT2D eigenvalue weighted by atomic mass is 35.5. The predicted molar refractivity (Wildman–Crippen MR) is 79.2 cm³/mol. The van der Waals surface area contributed by atoms with Crippen molar-refractivity contribution >= 4 is 29.7 Å². The van der Waals surface area contributed by atoms with Crippen molar-refractivity contribution in [3.8, 4) is 0 Å². The number of nitrogens with one attached hydrogen (secondary N) is 2. The summed E-state index contributed by atoms with van der Waals surface area (Å²) in [5.41, 5.74) is 1.24. The zero-order valence-electron chi connectivity index (χ0n) is 11.3. The van der Waals surface area contributed by atoms with Gasteiger partial charge in [-0.25, -0.2) is 4.39 Å². The zero-order chi connectivity index (χ0) is 13.7. The zero-order valence-corrected chi connectivity index (χ0v) is 12.1. The number of carbonyl (C=O) groups excluding carboxylic acids is 1. The molecule has 20 heavy (non-hydrogen) atoms. The number of rotatable bonds is 4. The van der Waals surface area contributed by atoms with Crippen LogP contribution in [-0.4, -0.2) is 45.8 Å². The smallest absolute Gasteiger partial charge is 0.238 e. The van der Waals surface area contributed by atoms with Crippen molar-refractivity contribution in [2.75, 3.05) is 50.1 Å². The Morgan fingerprint density at radius 2 is 2.05 bits per heavy atom. The fraction of sp³-hybridized carbons (Fsp3) is 0.462. The van der Waals surface area contributed by atoms with Gasteiger partial charge in [-0.1, -0.05) is 0 Å². The minimum atomic E-state index is -0.358.